The lowest BCUT2D eigenvalue weighted by Gasteiger charge is -2.07. The predicted molar refractivity (Wildman–Crippen MR) is 68.5 cm³/mol. The molecule has 0 radical (unpaired) electrons. The number of aryl methyl sites for hydroxylation is 1. The van der Waals surface area contributed by atoms with E-state index in [4.69, 9.17) is 18.0 Å². The van der Waals surface area contributed by atoms with E-state index in [0.717, 1.165) is 5.56 Å². The van der Waals surface area contributed by atoms with E-state index >= 15 is 0 Å². The standard InChI is InChI=1S/C10H12N6S/c1-16-6-14-8(15-16)5-13-10-7(9(11)17)3-2-4-12-10/h2-4,6H,5H2,1H3,(H2,11,17)(H,12,13). The van der Waals surface area contributed by atoms with Crippen molar-refractivity contribution >= 4 is 23.0 Å². The summed E-state index contributed by atoms with van der Waals surface area (Å²) >= 11 is 4.95. The Kier molecular flexibility index (Phi) is 3.29. The molecule has 2 heterocycles. The van der Waals surface area contributed by atoms with Crippen LogP contribution in [0, 0.1) is 0 Å². The van der Waals surface area contributed by atoms with E-state index in [1.807, 2.05) is 13.1 Å². The SMILES string of the molecule is Cn1cnc(CNc2ncccc2C(N)=S)n1. The number of hydrogen-bond donors (Lipinski definition) is 2. The van der Waals surface area contributed by atoms with Crippen molar-refractivity contribution in [2.75, 3.05) is 5.32 Å². The molecular formula is C10H12N6S. The molecule has 2 aromatic rings. The fourth-order valence-electron chi connectivity index (χ4n) is 1.37. The topological polar surface area (TPSA) is 81.7 Å². The minimum absolute atomic E-state index is 0.314. The summed E-state index contributed by atoms with van der Waals surface area (Å²) in [7, 11) is 1.82. The van der Waals surface area contributed by atoms with Gasteiger partial charge in [0.1, 0.15) is 17.1 Å². The number of pyridine rings is 1. The Labute approximate surface area is 104 Å². The van der Waals surface area contributed by atoms with Gasteiger partial charge in [-0.25, -0.2) is 9.97 Å². The van der Waals surface area contributed by atoms with Gasteiger partial charge in [-0.05, 0) is 12.1 Å². The van der Waals surface area contributed by atoms with Crippen LogP contribution >= 0.6 is 12.2 Å². The Morgan fingerprint density at radius 1 is 1.53 bits per heavy atom. The van der Waals surface area contributed by atoms with Gasteiger partial charge in [-0.1, -0.05) is 12.2 Å². The van der Waals surface area contributed by atoms with Crippen LogP contribution in [0.2, 0.25) is 0 Å². The quantitative estimate of drug-likeness (QED) is 0.765. The van der Waals surface area contributed by atoms with Crippen LogP contribution in [-0.4, -0.2) is 24.7 Å². The lowest BCUT2D eigenvalue weighted by Crippen LogP contribution is -2.14. The van der Waals surface area contributed by atoms with Crippen LogP contribution in [0.3, 0.4) is 0 Å². The lowest BCUT2D eigenvalue weighted by atomic mass is 10.2. The smallest absolute Gasteiger partial charge is 0.169 e. The molecule has 0 unspecified atom stereocenters. The lowest BCUT2D eigenvalue weighted by molar-refractivity contribution is 0.747. The molecule has 88 valence electrons. The molecule has 0 spiro atoms. The first-order valence-corrected chi connectivity index (χ1v) is 5.41. The van der Waals surface area contributed by atoms with Crippen LogP contribution in [0.25, 0.3) is 0 Å². The summed E-state index contributed by atoms with van der Waals surface area (Å²) in [4.78, 5) is 8.60. The number of nitrogens with one attached hydrogen (secondary N) is 1. The highest BCUT2D eigenvalue weighted by molar-refractivity contribution is 7.80. The van der Waals surface area contributed by atoms with Crippen molar-refractivity contribution in [3.63, 3.8) is 0 Å². The van der Waals surface area contributed by atoms with Gasteiger partial charge < -0.3 is 11.1 Å². The third kappa shape index (κ3) is 2.76. The third-order valence-corrected chi connectivity index (χ3v) is 2.35. The molecule has 0 bridgehead atoms. The Hall–Kier alpha value is -2.02. The third-order valence-electron chi connectivity index (χ3n) is 2.13. The summed E-state index contributed by atoms with van der Waals surface area (Å²) in [6.45, 7) is 0.480. The zero-order valence-electron chi connectivity index (χ0n) is 9.29. The number of nitrogens with zero attached hydrogens (tertiary/aromatic N) is 4. The Morgan fingerprint density at radius 2 is 2.35 bits per heavy atom. The van der Waals surface area contributed by atoms with Crippen LogP contribution < -0.4 is 11.1 Å². The first-order valence-electron chi connectivity index (χ1n) is 5.00. The molecule has 0 amide bonds. The molecule has 0 aliphatic rings. The van der Waals surface area contributed by atoms with Crippen molar-refractivity contribution in [1.82, 2.24) is 19.7 Å². The summed E-state index contributed by atoms with van der Waals surface area (Å²) < 4.78 is 1.64. The monoisotopic (exact) mass is 248 g/mol. The fourth-order valence-corrected chi connectivity index (χ4v) is 1.54. The van der Waals surface area contributed by atoms with Gasteiger partial charge in [-0.15, -0.1) is 0 Å². The van der Waals surface area contributed by atoms with Crippen LogP contribution in [0.1, 0.15) is 11.4 Å². The Balaban J connectivity index is 2.11. The minimum Gasteiger partial charge on any atom is -0.389 e. The van der Waals surface area contributed by atoms with E-state index in [-0.39, 0.29) is 0 Å². The van der Waals surface area contributed by atoms with Crippen molar-refractivity contribution in [3.05, 3.63) is 36.0 Å². The molecule has 2 aromatic heterocycles. The van der Waals surface area contributed by atoms with Crippen molar-refractivity contribution in [1.29, 1.82) is 0 Å². The molecule has 0 aliphatic heterocycles. The molecule has 0 atom stereocenters. The predicted octanol–water partition coefficient (Wildman–Crippen LogP) is 0.456. The average molecular weight is 248 g/mol. The van der Waals surface area contributed by atoms with Crippen molar-refractivity contribution in [2.24, 2.45) is 12.8 Å². The Bertz CT molecular complexity index is 535. The molecule has 7 heteroatoms. The Morgan fingerprint density at radius 3 is 3.00 bits per heavy atom. The van der Waals surface area contributed by atoms with Gasteiger partial charge in [0.2, 0.25) is 0 Å². The molecule has 17 heavy (non-hydrogen) atoms. The number of thiocarbonyl (C=S) groups is 1. The van der Waals surface area contributed by atoms with Crippen molar-refractivity contribution in [2.45, 2.75) is 6.54 Å². The summed E-state index contributed by atoms with van der Waals surface area (Å²) in [5.74, 6) is 1.33. The van der Waals surface area contributed by atoms with E-state index < -0.39 is 0 Å². The van der Waals surface area contributed by atoms with Gasteiger partial charge in [0.05, 0.1) is 12.1 Å². The number of nitrogens with two attached hydrogens (primary N) is 1. The second kappa shape index (κ2) is 4.88. The maximum absolute atomic E-state index is 5.60. The van der Waals surface area contributed by atoms with Gasteiger partial charge in [0.25, 0.3) is 0 Å². The van der Waals surface area contributed by atoms with Gasteiger partial charge >= 0.3 is 0 Å². The number of anilines is 1. The van der Waals surface area contributed by atoms with E-state index in [0.29, 0.717) is 23.2 Å². The molecule has 0 aromatic carbocycles. The molecule has 0 saturated carbocycles. The van der Waals surface area contributed by atoms with E-state index in [2.05, 4.69) is 20.4 Å². The van der Waals surface area contributed by atoms with Gasteiger partial charge in [-0.2, -0.15) is 5.10 Å². The minimum atomic E-state index is 0.314. The zero-order valence-corrected chi connectivity index (χ0v) is 10.1. The molecule has 2 rings (SSSR count). The molecule has 6 nitrogen and oxygen atoms in total. The average Bonchev–Trinajstić information content (AvgIpc) is 2.73. The zero-order chi connectivity index (χ0) is 12.3. The van der Waals surface area contributed by atoms with Gasteiger partial charge in [-0.3, -0.25) is 4.68 Å². The molecule has 3 N–H and O–H groups in total. The molecule has 0 fully saturated rings. The number of aromatic nitrogens is 4. The fraction of sp³-hybridized carbons (Fsp3) is 0.200. The number of hydrogen-bond acceptors (Lipinski definition) is 5. The van der Waals surface area contributed by atoms with E-state index in [1.54, 1.807) is 23.3 Å². The van der Waals surface area contributed by atoms with Crippen molar-refractivity contribution < 1.29 is 0 Å². The van der Waals surface area contributed by atoms with Crippen LogP contribution in [0.5, 0.6) is 0 Å². The van der Waals surface area contributed by atoms with Crippen LogP contribution in [0.4, 0.5) is 5.82 Å². The van der Waals surface area contributed by atoms with Gasteiger partial charge in [0.15, 0.2) is 5.82 Å². The molecular weight excluding hydrogens is 236 g/mol. The van der Waals surface area contributed by atoms with Crippen LogP contribution in [-0.2, 0) is 13.6 Å². The highest BCUT2D eigenvalue weighted by atomic mass is 32.1. The van der Waals surface area contributed by atoms with Gasteiger partial charge in [0, 0.05) is 13.2 Å². The van der Waals surface area contributed by atoms with Crippen LogP contribution in [0.15, 0.2) is 24.7 Å². The highest BCUT2D eigenvalue weighted by Gasteiger charge is 2.06. The van der Waals surface area contributed by atoms with E-state index in [9.17, 15) is 0 Å². The normalized spacial score (nSPS) is 10.2. The second-order valence-electron chi connectivity index (χ2n) is 3.45. The molecule has 0 aliphatic carbocycles. The first-order chi connectivity index (χ1) is 8.16. The largest absolute Gasteiger partial charge is 0.389 e. The second-order valence-corrected chi connectivity index (χ2v) is 3.89. The number of rotatable bonds is 4. The highest BCUT2D eigenvalue weighted by Crippen LogP contribution is 2.11. The van der Waals surface area contributed by atoms with Crippen molar-refractivity contribution in [3.8, 4) is 0 Å². The summed E-state index contributed by atoms with van der Waals surface area (Å²) in [6.07, 6.45) is 3.32. The summed E-state index contributed by atoms with van der Waals surface area (Å²) in [6, 6.07) is 3.61. The van der Waals surface area contributed by atoms with E-state index in [1.165, 1.54) is 0 Å². The maximum atomic E-state index is 5.60. The molecule has 0 saturated heterocycles. The summed E-state index contributed by atoms with van der Waals surface area (Å²) in [5.41, 5.74) is 6.32. The summed E-state index contributed by atoms with van der Waals surface area (Å²) in [5, 5.41) is 7.26. The maximum Gasteiger partial charge on any atom is 0.169 e. The first kappa shape index (κ1) is 11.5.